The molecule has 1 aliphatic heterocycles. The van der Waals surface area contributed by atoms with Crippen molar-refractivity contribution in [2.75, 3.05) is 39.8 Å². The largest absolute Gasteiger partial charge is 0.347 e. The Hall–Kier alpha value is -0.910. The molecular weight excluding hydrogens is 226 g/mol. The average Bonchev–Trinajstić information content (AvgIpc) is 2.82. The molecular formula is C13H25N5. The molecule has 5 nitrogen and oxygen atoms in total. The Balaban J connectivity index is 1.76. The molecule has 102 valence electrons. The molecule has 2 N–H and O–H groups in total. The van der Waals surface area contributed by atoms with Crippen molar-refractivity contribution in [2.24, 2.45) is 0 Å². The van der Waals surface area contributed by atoms with Crippen molar-refractivity contribution in [3.63, 3.8) is 0 Å². The number of aromatic nitrogens is 2. The molecule has 0 atom stereocenters. The molecule has 0 radical (unpaired) electrons. The Morgan fingerprint density at radius 2 is 2.06 bits per heavy atom. The van der Waals surface area contributed by atoms with E-state index in [1.54, 1.807) is 6.33 Å². The van der Waals surface area contributed by atoms with E-state index >= 15 is 0 Å². The van der Waals surface area contributed by atoms with Crippen LogP contribution in [0, 0.1) is 0 Å². The summed E-state index contributed by atoms with van der Waals surface area (Å²) in [5.74, 6) is 0. The minimum absolute atomic E-state index is 0.210. The lowest BCUT2D eigenvalue weighted by Crippen LogP contribution is -2.57. The fraction of sp³-hybridized carbons (Fsp3) is 0.769. The third-order valence-corrected chi connectivity index (χ3v) is 3.79. The monoisotopic (exact) mass is 251 g/mol. The van der Waals surface area contributed by atoms with Gasteiger partial charge in [-0.1, -0.05) is 0 Å². The summed E-state index contributed by atoms with van der Waals surface area (Å²) < 4.78 is 0. The van der Waals surface area contributed by atoms with E-state index in [9.17, 15) is 0 Å². The minimum atomic E-state index is 0.210. The Bertz CT molecular complexity index is 338. The number of hydrogen-bond donors (Lipinski definition) is 2. The van der Waals surface area contributed by atoms with Gasteiger partial charge in [0.25, 0.3) is 0 Å². The summed E-state index contributed by atoms with van der Waals surface area (Å²) in [6.45, 7) is 11.2. The Kier molecular flexibility index (Phi) is 4.37. The summed E-state index contributed by atoms with van der Waals surface area (Å²) in [4.78, 5) is 12.1. The predicted molar refractivity (Wildman–Crippen MR) is 73.4 cm³/mol. The molecule has 1 fully saturated rings. The standard InChI is InChI=1S/C13H25N5/c1-13(2,18-6-4-17(3)5-7-18)10-14-8-12-9-15-11-16-12/h9,11,14H,4-8,10H2,1-3H3,(H,15,16). The van der Waals surface area contributed by atoms with E-state index in [1.165, 1.54) is 13.1 Å². The highest BCUT2D eigenvalue weighted by atomic mass is 15.3. The third-order valence-electron chi connectivity index (χ3n) is 3.79. The van der Waals surface area contributed by atoms with Crippen LogP contribution in [0.25, 0.3) is 0 Å². The van der Waals surface area contributed by atoms with Crippen LogP contribution in [0.4, 0.5) is 0 Å². The molecule has 0 amide bonds. The molecule has 1 saturated heterocycles. The second-order valence-electron chi connectivity index (χ2n) is 5.78. The molecule has 18 heavy (non-hydrogen) atoms. The number of H-pyrrole nitrogens is 1. The van der Waals surface area contributed by atoms with Crippen LogP contribution < -0.4 is 5.32 Å². The number of rotatable bonds is 5. The van der Waals surface area contributed by atoms with E-state index in [0.717, 1.165) is 31.9 Å². The highest BCUT2D eigenvalue weighted by Gasteiger charge is 2.28. The second-order valence-corrected chi connectivity index (χ2v) is 5.78. The summed E-state index contributed by atoms with van der Waals surface area (Å²) in [7, 11) is 2.20. The van der Waals surface area contributed by atoms with Crippen molar-refractivity contribution in [1.29, 1.82) is 0 Å². The van der Waals surface area contributed by atoms with Crippen LogP contribution in [0.3, 0.4) is 0 Å². The first kappa shape index (κ1) is 13.5. The number of nitrogens with zero attached hydrogens (tertiary/aromatic N) is 3. The van der Waals surface area contributed by atoms with Gasteiger partial charge in [0, 0.05) is 56.7 Å². The molecule has 1 aromatic heterocycles. The van der Waals surface area contributed by atoms with E-state index in [-0.39, 0.29) is 5.54 Å². The Morgan fingerprint density at radius 1 is 1.33 bits per heavy atom. The van der Waals surface area contributed by atoms with Crippen LogP contribution in [0.5, 0.6) is 0 Å². The van der Waals surface area contributed by atoms with E-state index < -0.39 is 0 Å². The quantitative estimate of drug-likeness (QED) is 0.801. The average molecular weight is 251 g/mol. The molecule has 2 heterocycles. The maximum Gasteiger partial charge on any atom is 0.0922 e. The van der Waals surface area contributed by atoms with Gasteiger partial charge in [-0.05, 0) is 20.9 Å². The molecule has 1 aromatic rings. The lowest BCUT2D eigenvalue weighted by molar-refractivity contribution is 0.0617. The first-order chi connectivity index (χ1) is 8.58. The predicted octanol–water partition coefficient (Wildman–Crippen LogP) is 0.525. The van der Waals surface area contributed by atoms with Gasteiger partial charge in [0.1, 0.15) is 0 Å². The topological polar surface area (TPSA) is 47.2 Å². The van der Waals surface area contributed by atoms with Crippen molar-refractivity contribution >= 4 is 0 Å². The normalized spacial score (nSPS) is 19.3. The van der Waals surface area contributed by atoms with Crippen molar-refractivity contribution in [3.8, 4) is 0 Å². The molecule has 0 unspecified atom stereocenters. The second kappa shape index (κ2) is 5.82. The maximum atomic E-state index is 4.02. The minimum Gasteiger partial charge on any atom is -0.347 e. The number of likely N-dealkylation sites (N-methyl/N-ethyl adjacent to an activating group) is 1. The van der Waals surface area contributed by atoms with Crippen molar-refractivity contribution < 1.29 is 0 Å². The number of aromatic amines is 1. The summed E-state index contributed by atoms with van der Waals surface area (Å²) in [6, 6.07) is 0. The zero-order valence-corrected chi connectivity index (χ0v) is 11.7. The number of hydrogen-bond acceptors (Lipinski definition) is 4. The first-order valence-electron chi connectivity index (χ1n) is 6.69. The van der Waals surface area contributed by atoms with E-state index in [1.807, 2.05) is 6.20 Å². The number of piperazine rings is 1. The van der Waals surface area contributed by atoms with Crippen molar-refractivity contribution in [1.82, 2.24) is 25.1 Å². The van der Waals surface area contributed by atoms with E-state index in [0.29, 0.717) is 0 Å². The van der Waals surface area contributed by atoms with Gasteiger partial charge in [0.15, 0.2) is 0 Å². The highest BCUT2D eigenvalue weighted by molar-refractivity contribution is 4.94. The van der Waals surface area contributed by atoms with Gasteiger partial charge < -0.3 is 15.2 Å². The van der Waals surface area contributed by atoms with Crippen LogP contribution >= 0.6 is 0 Å². The first-order valence-corrected chi connectivity index (χ1v) is 6.69. The van der Waals surface area contributed by atoms with E-state index in [2.05, 4.69) is 46.0 Å². The summed E-state index contributed by atoms with van der Waals surface area (Å²) in [6.07, 6.45) is 3.60. The van der Waals surface area contributed by atoms with Gasteiger partial charge in [-0.2, -0.15) is 0 Å². The van der Waals surface area contributed by atoms with Gasteiger partial charge >= 0.3 is 0 Å². The smallest absolute Gasteiger partial charge is 0.0922 e. The lowest BCUT2D eigenvalue weighted by atomic mass is 10.0. The van der Waals surface area contributed by atoms with Gasteiger partial charge in [-0.3, -0.25) is 4.90 Å². The summed E-state index contributed by atoms with van der Waals surface area (Å²) in [5, 5.41) is 3.51. The van der Waals surface area contributed by atoms with Gasteiger partial charge in [0.05, 0.1) is 6.33 Å². The third kappa shape index (κ3) is 3.54. The Labute approximate surface area is 110 Å². The Morgan fingerprint density at radius 3 is 2.67 bits per heavy atom. The maximum absolute atomic E-state index is 4.02. The molecule has 0 aromatic carbocycles. The van der Waals surface area contributed by atoms with Crippen LogP contribution in [0.15, 0.2) is 12.5 Å². The summed E-state index contributed by atoms with van der Waals surface area (Å²) >= 11 is 0. The van der Waals surface area contributed by atoms with Crippen LogP contribution in [0.1, 0.15) is 19.5 Å². The SMILES string of the molecule is CN1CCN(C(C)(C)CNCc2cnc[nH]2)CC1. The number of nitrogens with one attached hydrogen (secondary N) is 2. The van der Waals surface area contributed by atoms with Crippen molar-refractivity contribution in [3.05, 3.63) is 18.2 Å². The fourth-order valence-electron chi connectivity index (χ4n) is 2.41. The number of imidazole rings is 1. The van der Waals surface area contributed by atoms with E-state index in [4.69, 9.17) is 0 Å². The fourth-order valence-corrected chi connectivity index (χ4v) is 2.41. The van der Waals surface area contributed by atoms with Gasteiger partial charge in [0.2, 0.25) is 0 Å². The van der Waals surface area contributed by atoms with Crippen LogP contribution in [-0.2, 0) is 6.54 Å². The molecule has 2 rings (SSSR count). The molecule has 5 heteroatoms. The van der Waals surface area contributed by atoms with Crippen molar-refractivity contribution in [2.45, 2.75) is 25.9 Å². The highest BCUT2D eigenvalue weighted by Crippen LogP contribution is 2.15. The van der Waals surface area contributed by atoms with Crippen LogP contribution in [0.2, 0.25) is 0 Å². The van der Waals surface area contributed by atoms with Crippen LogP contribution in [-0.4, -0.2) is 65.1 Å². The zero-order valence-electron chi connectivity index (χ0n) is 11.7. The molecule has 1 aliphatic rings. The molecule has 0 saturated carbocycles. The summed E-state index contributed by atoms with van der Waals surface area (Å²) in [5.41, 5.74) is 1.35. The van der Waals surface area contributed by atoms with Gasteiger partial charge in [-0.25, -0.2) is 4.98 Å². The zero-order chi connectivity index (χ0) is 13.0. The van der Waals surface area contributed by atoms with Gasteiger partial charge in [-0.15, -0.1) is 0 Å². The lowest BCUT2D eigenvalue weighted by Gasteiger charge is -2.43. The molecule has 0 aliphatic carbocycles. The molecule has 0 bridgehead atoms. The molecule has 0 spiro atoms.